The summed E-state index contributed by atoms with van der Waals surface area (Å²) in [6, 6.07) is 15.6. The van der Waals surface area contributed by atoms with E-state index >= 15 is 0 Å². The Labute approximate surface area is 195 Å². The molecule has 0 aliphatic carbocycles. The highest BCUT2D eigenvalue weighted by Gasteiger charge is 2.14. The quantitative estimate of drug-likeness (QED) is 0.317. The van der Waals surface area contributed by atoms with Crippen molar-refractivity contribution >= 4 is 66.4 Å². The number of anilines is 1. The Morgan fingerprint density at radius 1 is 1.19 bits per heavy atom. The molecule has 4 rings (SSSR count). The minimum atomic E-state index is -0.572. The summed E-state index contributed by atoms with van der Waals surface area (Å²) in [5, 5.41) is 7.39. The van der Waals surface area contributed by atoms with Gasteiger partial charge in [0.25, 0.3) is 0 Å². The summed E-state index contributed by atoms with van der Waals surface area (Å²) in [6.07, 6.45) is 1.82. The number of carbonyl (C=O) groups is 1. The number of amides is 1. The Morgan fingerprint density at radius 3 is 2.77 bits per heavy atom. The van der Waals surface area contributed by atoms with Gasteiger partial charge in [0.2, 0.25) is 5.91 Å². The number of thiocarbonyl (C=S) groups is 1. The second-order valence-corrected chi connectivity index (χ2v) is 8.66. The zero-order valence-electron chi connectivity index (χ0n) is 15.9. The summed E-state index contributed by atoms with van der Waals surface area (Å²) >= 11 is 10.0. The molecule has 2 aromatic heterocycles. The predicted octanol–water partition coefficient (Wildman–Crippen LogP) is 6.05. The highest BCUT2D eigenvalue weighted by atomic mass is 79.9. The molecule has 0 atom stereocenters. The van der Waals surface area contributed by atoms with Crippen LogP contribution in [0.15, 0.2) is 70.6 Å². The average molecular weight is 516 g/mol. The van der Waals surface area contributed by atoms with Crippen molar-refractivity contribution in [3.05, 3.63) is 82.0 Å². The van der Waals surface area contributed by atoms with Crippen molar-refractivity contribution in [3.63, 3.8) is 0 Å². The van der Waals surface area contributed by atoms with Crippen LogP contribution in [0.4, 0.5) is 10.1 Å². The highest BCUT2D eigenvalue weighted by Crippen LogP contribution is 2.39. The molecule has 0 spiro atoms. The zero-order chi connectivity index (χ0) is 21.8. The van der Waals surface area contributed by atoms with Crippen molar-refractivity contribution in [1.82, 2.24) is 10.3 Å². The van der Waals surface area contributed by atoms with Crippen LogP contribution in [0.1, 0.15) is 5.56 Å². The van der Waals surface area contributed by atoms with Gasteiger partial charge in [0.15, 0.2) is 22.4 Å². The van der Waals surface area contributed by atoms with Gasteiger partial charge in [-0.2, -0.15) is 0 Å². The number of rotatable bonds is 5. The SMILES string of the molecule is O=C(Cc1ccccc1)NC(=S)Nc1ccc(Oc2c(Br)cnc3ccsc23)c(F)c1. The first-order valence-corrected chi connectivity index (χ1v) is 11.2. The van der Waals surface area contributed by atoms with Crippen LogP contribution in [0.3, 0.4) is 0 Å². The number of fused-ring (bicyclic) bond motifs is 1. The Morgan fingerprint density at radius 2 is 2.00 bits per heavy atom. The Kier molecular flexibility index (Phi) is 6.55. The van der Waals surface area contributed by atoms with E-state index in [9.17, 15) is 9.18 Å². The fraction of sp³-hybridized carbons (Fsp3) is 0.0455. The number of thiophene rings is 1. The lowest BCUT2D eigenvalue weighted by Crippen LogP contribution is -2.35. The number of ether oxygens (including phenoxy) is 1. The third-order valence-electron chi connectivity index (χ3n) is 4.25. The maximum absolute atomic E-state index is 14.7. The normalized spacial score (nSPS) is 10.6. The molecule has 0 aliphatic heterocycles. The molecule has 0 aliphatic rings. The first kappa shape index (κ1) is 21.4. The molecule has 0 saturated carbocycles. The summed E-state index contributed by atoms with van der Waals surface area (Å²) in [5.41, 5.74) is 2.04. The van der Waals surface area contributed by atoms with Crippen LogP contribution in [0.25, 0.3) is 10.2 Å². The largest absolute Gasteiger partial charge is 0.451 e. The second kappa shape index (κ2) is 9.51. The minimum absolute atomic E-state index is 0.0613. The molecule has 9 heteroatoms. The molecule has 0 saturated heterocycles. The van der Waals surface area contributed by atoms with E-state index in [-0.39, 0.29) is 23.2 Å². The molecule has 1 amide bonds. The molecule has 0 fully saturated rings. The molecule has 4 aromatic rings. The molecular weight excluding hydrogens is 501 g/mol. The molecule has 0 bridgehead atoms. The smallest absolute Gasteiger partial charge is 0.230 e. The summed E-state index contributed by atoms with van der Waals surface area (Å²) in [4.78, 5) is 16.4. The van der Waals surface area contributed by atoms with E-state index in [1.165, 1.54) is 23.5 Å². The van der Waals surface area contributed by atoms with E-state index in [1.54, 1.807) is 12.3 Å². The van der Waals surface area contributed by atoms with E-state index in [0.717, 1.165) is 15.8 Å². The fourth-order valence-electron chi connectivity index (χ4n) is 2.85. The number of hydrogen-bond donors (Lipinski definition) is 2. The maximum Gasteiger partial charge on any atom is 0.230 e. The zero-order valence-corrected chi connectivity index (χ0v) is 19.1. The lowest BCUT2D eigenvalue weighted by molar-refractivity contribution is -0.119. The maximum atomic E-state index is 14.7. The van der Waals surface area contributed by atoms with Gasteiger partial charge in [0.1, 0.15) is 0 Å². The molecular formula is C22H15BrFN3O2S2. The summed E-state index contributed by atoms with van der Waals surface area (Å²) in [6.45, 7) is 0. The molecule has 156 valence electrons. The third-order valence-corrected chi connectivity index (χ3v) is 5.92. The van der Waals surface area contributed by atoms with Gasteiger partial charge in [-0.1, -0.05) is 30.3 Å². The number of halogens is 2. The number of nitrogens with zero attached hydrogens (tertiary/aromatic N) is 1. The van der Waals surface area contributed by atoms with E-state index in [1.807, 2.05) is 41.8 Å². The van der Waals surface area contributed by atoms with Gasteiger partial charge in [-0.05, 0) is 57.3 Å². The van der Waals surface area contributed by atoms with Gasteiger partial charge in [-0.25, -0.2) is 4.39 Å². The Balaban J connectivity index is 1.41. The lowest BCUT2D eigenvalue weighted by atomic mass is 10.1. The summed E-state index contributed by atoms with van der Waals surface area (Å²) < 4.78 is 21.9. The van der Waals surface area contributed by atoms with Gasteiger partial charge >= 0.3 is 0 Å². The first-order chi connectivity index (χ1) is 15.0. The third kappa shape index (κ3) is 5.25. The Hall–Kier alpha value is -2.88. The molecule has 2 N–H and O–H groups in total. The molecule has 5 nitrogen and oxygen atoms in total. The van der Waals surface area contributed by atoms with Crippen molar-refractivity contribution < 1.29 is 13.9 Å². The standard InChI is InChI=1S/C22H15BrFN3O2S2/c23-15-12-25-17-8-9-31-21(17)20(15)29-18-7-6-14(11-16(18)24)26-22(30)27-19(28)10-13-4-2-1-3-5-13/h1-9,11-12H,10H2,(H2,26,27,28,30). The molecule has 0 radical (unpaired) electrons. The fourth-order valence-corrected chi connectivity index (χ4v) is 4.43. The predicted molar refractivity (Wildman–Crippen MR) is 128 cm³/mol. The lowest BCUT2D eigenvalue weighted by Gasteiger charge is -2.12. The van der Waals surface area contributed by atoms with Crippen LogP contribution < -0.4 is 15.4 Å². The van der Waals surface area contributed by atoms with E-state index in [4.69, 9.17) is 17.0 Å². The van der Waals surface area contributed by atoms with Crippen LogP contribution in [0.5, 0.6) is 11.5 Å². The molecule has 2 heterocycles. The Bertz CT molecular complexity index is 1260. The summed E-state index contributed by atoms with van der Waals surface area (Å²) in [7, 11) is 0. The minimum Gasteiger partial charge on any atom is -0.451 e. The number of carbonyl (C=O) groups excluding carboxylic acids is 1. The highest BCUT2D eigenvalue weighted by molar-refractivity contribution is 9.10. The molecule has 31 heavy (non-hydrogen) atoms. The van der Waals surface area contributed by atoms with Gasteiger partial charge in [-0.3, -0.25) is 9.78 Å². The average Bonchev–Trinajstić information content (AvgIpc) is 3.21. The van der Waals surface area contributed by atoms with Gasteiger partial charge in [0.05, 0.1) is 21.1 Å². The van der Waals surface area contributed by atoms with Crippen molar-refractivity contribution in [3.8, 4) is 11.5 Å². The molecule has 2 aromatic carbocycles. The van der Waals surface area contributed by atoms with Crippen molar-refractivity contribution in [2.75, 3.05) is 5.32 Å². The van der Waals surface area contributed by atoms with Crippen LogP contribution in [0, 0.1) is 5.82 Å². The number of benzene rings is 2. The van der Waals surface area contributed by atoms with E-state index in [2.05, 4.69) is 31.5 Å². The second-order valence-electron chi connectivity index (χ2n) is 6.48. The van der Waals surface area contributed by atoms with Crippen LogP contribution in [0.2, 0.25) is 0 Å². The van der Waals surface area contributed by atoms with Crippen molar-refractivity contribution in [2.45, 2.75) is 6.42 Å². The number of pyridine rings is 1. The number of aromatic nitrogens is 1. The number of hydrogen-bond acceptors (Lipinski definition) is 5. The molecule has 0 unspecified atom stereocenters. The number of nitrogens with one attached hydrogen (secondary N) is 2. The topological polar surface area (TPSA) is 63.2 Å². The summed E-state index contributed by atoms with van der Waals surface area (Å²) in [5.74, 6) is -0.266. The monoisotopic (exact) mass is 515 g/mol. The van der Waals surface area contributed by atoms with Gasteiger partial charge in [0, 0.05) is 18.0 Å². The van der Waals surface area contributed by atoms with Crippen LogP contribution in [-0.4, -0.2) is 16.0 Å². The van der Waals surface area contributed by atoms with Crippen LogP contribution >= 0.6 is 39.5 Å². The van der Waals surface area contributed by atoms with Gasteiger partial charge < -0.3 is 15.4 Å². The van der Waals surface area contributed by atoms with E-state index in [0.29, 0.717) is 15.9 Å². The van der Waals surface area contributed by atoms with Crippen LogP contribution in [-0.2, 0) is 11.2 Å². The van der Waals surface area contributed by atoms with Crippen molar-refractivity contribution in [2.24, 2.45) is 0 Å². The van der Waals surface area contributed by atoms with Gasteiger partial charge in [-0.15, -0.1) is 11.3 Å². The van der Waals surface area contributed by atoms with Crippen molar-refractivity contribution in [1.29, 1.82) is 0 Å². The first-order valence-electron chi connectivity index (χ1n) is 9.13. The van der Waals surface area contributed by atoms with E-state index < -0.39 is 5.82 Å².